The van der Waals surface area contributed by atoms with Gasteiger partial charge < -0.3 is 19.4 Å². The number of hydrogen-bond acceptors (Lipinski definition) is 4. The highest BCUT2D eigenvalue weighted by atomic mass is 16.7. The Morgan fingerprint density at radius 2 is 1.75 bits per heavy atom. The van der Waals surface area contributed by atoms with Gasteiger partial charge in [-0.1, -0.05) is 50.2 Å². The van der Waals surface area contributed by atoms with Crippen LogP contribution in [0.3, 0.4) is 0 Å². The number of hydrogen-bond donors (Lipinski definition) is 1. The number of allylic oxidation sites excluding steroid dienone is 1. The van der Waals surface area contributed by atoms with Crippen LogP contribution >= 0.6 is 0 Å². The molecule has 1 aliphatic heterocycles. The van der Waals surface area contributed by atoms with E-state index in [-0.39, 0.29) is 29.7 Å². The minimum absolute atomic E-state index is 0.0643. The lowest BCUT2D eigenvalue weighted by Gasteiger charge is -2.65. The number of nitrogens with one attached hydrogen (secondary N) is 1. The van der Waals surface area contributed by atoms with E-state index in [2.05, 4.69) is 19.2 Å². The molecule has 2 aromatic carbocycles. The van der Waals surface area contributed by atoms with Crippen molar-refractivity contribution < 1.29 is 14.3 Å². The van der Waals surface area contributed by atoms with Gasteiger partial charge in [0.05, 0.1) is 0 Å². The molecule has 4 bridgehead atoms. The Labute approximate surface area is 235 Å². The van der Waals surface area contributed by atoms with Crippen LogP contribution in [0, 0.1) is 22.2 Å². The highest BCUT2D eigenvalue weighted by Gasteiger charge is 2.60. The Morgan fingerprint density at radius 3 is 2.45 bits per heavy atom. The average molecular weight is 539 g/mol. The molecule has 6 nitrogen and oxygen atoms in total. The summed E-state index contributed by atoms with van der Waals surface area (Å²) in [6.45, 7) is 5.05. The number of carbonyl (C=O) groups excluding carboxylic acids is 1. The number of benzene rings is 2. The van der Waals surface area contributed by atoms with E-state index < -0.39 is 0 Å². The molecule has 208 valence electrons. The first-order valence-corrected chi connectivity index (χ1v) is 14.6. The lowest BCUT2D eigenvalue weighted by Crippen LogP contribution is -2.55. The summed E-state index contributed by atoms with van der Waals surface area (Å²) in [4.78, 5) is 27.4. The standard InChI is InChI=1S/C34H38N2O4/c1-32-14-24-15-33(2,19-32)21-34(16-24,20-32)17-30(37)35-27-10-6-9-26-25(27)11-12-36(31(26)38)28(29-18-39-22-40-29)13-23-7-4-3-5-8-23/h3-12,18,24,28H,13-17,19-22H2,1-2H3,(H,35,37). The third-order valence-corrected chi connectivity index (χ3v) is 9.95. The van der Waals surface area contributed by atoms with Gasteiger partial charge in [0.2, 0.25) is 12.7 Å². The van der Waals surface area contributed by atoms with E-state index in [0.29, 0.717) is 40.5 Å². The van der Waals surface area contributed by atoms with E-state index in [4.69, 9.17) is 9.47 Å². The third kappa shape index (κ3) is 4.51. The van der Waals surface area contributed by atoms with E-state index in [1.165, 1.54) is 25.7 Å². The van der Waals surface area contributed by atoms with Crippen molar-refractivity contribution in [1.29, 1.82) is 0 Å². The van der Waals surface area contributed by atoms with Crippen LogP contribution in [0.15, 0.2) is 77.6 Å². The zero-order valence-electron chi connectivity index (χ0n) is 23.4. The average Bonchev–Trinajstić information content (AvgIpc) is 3.41. The van der Waals surface area contributed by atoms with Crippen LogP contribution in [0.5, 0.6) is 0 Å². The first kappa shape index (κ1) is 25.4. The van der Waals surface area contributed by atoms with Crippen molar-refractivity contribution >= 4 is 22.4 Å². The second-order valence-electron chi connectivity index (χ2n) is 13.8. The summed E-state index contributed by atoms with van der Waals surface area (Å²) in [5.74, 6) is 1.45. The number of amides is 1. The van der Waals surface area contributed by atoms with Crippen LogP contribution in [-0.4, -0.2) is 17.3 Å². The molecular formula is C34H38N2O4. The number of aromatic nitrogens is 1. The monoisotopic (exact) mass is 538 g/mol. The second-order valence-corrected chi connectivity index (χ2v) is 13.8. The smallest absolute Gasteiger partial charge is 0.259 e. The molecule has 40 heavy (non-hydrogen) atoms. The molecular weight excluding hydrogens is 500 g/mol. The molecule has 4 saturated carbocycles. The van der Waals surface area contributed by atoms with Crippen LogP contribution in [0.25, 0.3) is 10.8 Å². The van der Waals surface area contributed by atoms with Crippen LogP contribution in [0.1, 0.15) is 70.4 Å². The Morgan fingerprint density at radius 1 is 0.975 bits per heavy atom. The molecule has 0 radical (unpaired) electrons. The number of rotatable bonds is 7. The Hall–Kier alpha value is -3.54. The third-order valence-electron chi connectivity index (χ3n) is 9.95. The summed E-state index contributed by atoms with van der Waals surface area (Å²) in [6.07, 6.45) is 12.0. The highest BCUT2D eigenvalue weighted by Crippen LogP contribution is 2.70. The fraction of sp³-hybridized carbons (Fsp3) is 0.471. The van der Waals surface area contributed by atoms with E-state index in [9.17, 15) is 9.59 Å². The number of ether oxygens (including phenoxy) is 2. The number of carbonyl (C=O) groups is 1. The van der Waals surface area contributed by atoms with Crippen molar-refractivity contribution in [3.05, 3.63) is 88.7 Å². The van der Waals surface area contributed by atoms with Gasteiger partial charge in [-0.25, -0.2) is 0 Å². The second kappa shape index (κ2) is 9.25. The predicted octanol–water partition coefficient (Wildman–Crippen LogP) is 6.96. The molecule has 3 atom stereocenters. The Balaban J connectivity index is 1.16. The zero-order valence-corrected chi connectivity index (χ0v) is 23.4. The van der Waals surface area contributed by atoms with Crippen LogP contribution in [0.4, 0.5) is 5.69 Å². The van der Waals surface area contributed by atoms with Crippen molar-refractivity contribution in [2.45, 2.75) is 71.3 Å². The molecule has 1 N–H and O–H groups in total. The fourth-order valence-corrected chi connectivity index (χ4v) is 9.66. The lowest BCUT2D eigenvalue weighted by molar-refractivity contribution is -0.153. The largest absolute Gasteiger partial charge is 0.462 e. The lowest BCUT2D eigenvalue weighted by atomic mass is 9.40. The SMILES string of the molecule is CC12CC3CC(C)(C1)CC(CC(=O)Nc1cccc4c(=O)n(C(Cc5ccccc5)C5=COCO5)ccc14)(C3)C2. The molecule has 2 heterocycles. The molecule has 5 aliphatic rings. The van der Waals surface area contributed by atoms with Gasteiger partial charge in [-0.3, -0.25) is 9.59 Å². The minimum Gasteiger partial charge on any atom is -0.462 e. The Bertz CT molecular complexity index is 1540. The first-order chi connectivity index (χ1) is 19.2. The van der Waals surface area contributed by atoms with Gasteiger partial charge in [0, 0.05) is 35.5 Å². The van der Waals surface area contributed by atoms with Gasteiger partial charge in [-0.15, -0.1) is 0 Å². The summed E-state index contributed by atoms with van der Waals surface area (Å²) in [6, 6.07) is 17.3. The quantitative estimate of drug-likeness (QED) is 0.353. The molecule has 4 aliphatic carbocycles. The number of nitrogens with zero attached hydrogens (tertiary/aromatic N) is 1. The van der Waals surface area contributed by atoms with Gasteiger partial charge in [0.1, 0.15) is 12.3 Å². The van der Waals surface area contributed by atoms with Crippen LogP contribution in [0.2, 0.25) is 0 Å². The van der Waals surface area contributed by atoms with Gasteiger partial charge in [-0.2, -0.15) is 0 Å². The maximum atomic E-state index is 13.9. The van der Waals surface area contributed by atoms with Gasteiger partial charge >= 0.3 is 0 Å². The summed E-state index contributed by atoms with van der Waals surface area (Å²) >= 11 is 0. The van der Waals surface area contributed by atoms with Crippen molar-refractivity contribution in [1.82, 2.24) is 4.57 Å². The van der Waals surface area contributed by atoms with E-state index in [1.807, 2.05) is 60.8 Å². The molecule has 4 fully saturated rings. The molecule has 1 aromatic heterocycles. The summed E-state index contributed by atoms with van der Waals surface area (Å²) in [5.41, 5.74) is 2.54. The first-order valence-electron chi connectivity index (χ1n) is 14.6. The van der Waals surface area contributed by atoms with Crippen molar-refractivity contribution in [2.75, 3.05) is 12.1 Å². The van der Waals surface area contributed by atoms with Crippen LogP contribution < -0.4 is 10.9 Å². The normalized spacial score (nSPS) is 30.9. The Kier molecular flexibility index (Phi) is 5.88. The molecule has 3 aromatic rings. The summed E-state index contributed by atoms with van der Waals surface area (Å²) in [5, 5.41) is 4.55. The molecule has 0 saturated heterocycles. The molecule has 6 heteroatoms. The maximum Gasteiger partial charge on any atom is 0.259 e. The number of fused-ring (bicyclic) bond motifs is 1. The predicted molar refractivity (Wildman–Crippen MR) is 156 cm³/mol. The fourth-order valence-electron chi connectivity index (χ4n) is 9.66. The van der Waals surface area contributed by atoms with Gasteiger partial charge in [-0.05, 0) is 84.5 Å². The molecule has 0 spiro atoms. The van der Waals surface area contributed by atoms with E-state index in [0.717, 1.165) is 29.7 Å². The zero-order chi connectivity index (χ0) is 27.5. The minimum atomic E-state index is -0.334. The van der Waals surface area contributed by atoms with Crippen molar-refractivity contribution in [3.63, 3.8) is 0 Å². The summed E-state index contributed by atoms with van der Waals surface area (Å²) in [7, 11) is 0. The highest BCUT2D eigenvalue weighted by molar-refractivity contribution is 6.02. The van der Waals surface area contributed by atoms with Gasteiger partial charge in [0.15, 0.2) is 5.76 Å². The van der Waals surface area contributed by atoms with E-state index in [1.54, 1.807) is 10.8 Å². The molecule has 8 rings (SSSR count). The summed E-state index contributed by atoms with van der Waals surface area (Å²) < 4.78 is 12.8. The van der Waals surface area contributed by atoms with Crippen molar-refractivity contribution in [3.8, 4) is 0 Å². The van der Waals surface area contributed by atoms with Crippen molar-refractivity contribution in [2.24, 2.45) is 22.2 Å². The number of anilines is 1. The molecule has 3 unspecified atom stereocenters. The van der Waals surface area contributed by atoms with Gasteiger partial charge in [0.25, 0.3) is 5.56 Å². The topological polar surface area (TPSA) is 69.6 Å². The van der Waals surface area contributed by atoms with E-state index >= 15 is 0 Å². The van der Waals surface area contributed by atoms with Crippen LogP contribution in [-0.2, 0) is 20.7 Å². The number of pyridine rings is 1. The maximum absolute atomic E-state index is 13.9. The molecule has 1 amide bonds.